The lowest BCUT2D eigenvalue weighted by atomic mass is 10.1. The average molecular weight is 329 g/mol. The van der Waals surface area contributed by atoms with Gasteiger partial charge in [-0.15, -0.1) is 0 Å². The standard InChI is InChI=1S/C14H11BrF2O2/c1-8(18)10-3-2-4-12(16)14(10)19-9-5-6-11(15)13(17)7-9/h2-8,18H,1H3/t8-/m0/s1. The minimum Gasteiger partial charge on any atom is -0.454 e. The van der Waals surface area contributed by atoms with Gasteiger partial charge >= 0.3 is 0 Å². The lowest BCUT2D eigenvalue weighted by Gasteiger charge is -2.14. The van der Waals surface area contributed by atoms with Gasteiger partial charge in [-0.05, 0) is 41.1 Å². The van der Waals surface area contributed by atoms with E-state index < -0.39 is 17.7 Å². The maximum Gasteiger partial charge on any atom is 0.168 e. The lowest BCUT2D eigenvalue weighted by molar-refractivity contribution is 0.194. The first-order valence-electron chi connectivity index (χ1n) is 5.58. The number of benzene rings is 2. The summed E-state index contributed by atoms with van der Waals surface area (Å²) in [5.74, 6) is -1.05. The van der Waals surface area contributed by atoms with Crippen molar-refractivity contribution in [2.45, 2.75) is 13.0 Å². The van der Waals surface area contributed by atoms with Crippen molar-refractivity contribution in [3.63, 3.8) is 0 Å². The third-order valence-corrected chi connectivity index (χ3v) is 3.20. The van der Waals surface area contributed by atoms with E-state index in [1.807, 2.05) is 0 Å². The van der Waals surface area contributed by atoms with Gasteiger partial charge in [0, 0.05) is 11.6 Å². The summed E-state index contributed by atoms with van der Waals surface area (Å²) in [5, 5.41) is 9.58. The molecule has 19 heavy (non-hydrogen) atoms. The van der Waals surface area contributed by atoms with Crippen molar-refractivity contribution in [2.75, 3.05) is 0 Å². The highest BCUT2D eigenvalue weighted by atomic mass is 79.9. The molecule has 0 fully saturated rings. The second-order valence-electron chi connectivity index (χ2n) is 4.01. The first kappa shape index (κ1) is 14.0. The topological polar surface area (TPSA) is 29.5 Å². The van der Waals surface area contributed by atoms with Crippen LogP contribution in [0.1, 0.15) is 18.6 Å². The fourth-order valence-electron chi connectivity index (χ4n) is 1.62. The van der Waals surface area contributed by atoms with Gasteiger partial charge in [0.05, 0.1) is 10.6 Å². The van der Waals surface area contributed by atoms with Crippen LogP contribution in [0, 0.1) is 11.6 Å². The van der Waals surface area contributed by atoms with Crippen LogP contribution >= 0.6 is 15.9 Å². The number of aliphatic hydroxyl groups is 1. The van der Waals surface area contributed by atoms with Crippen LogP contribution in [-0.4, -0.2) is 5.11 Å². The second kappa shape index (κ2) is 5.67. The molecule has 0 aromatic heterocycles. The highest BCUT2D eigenvalue weighted by Gasteiger charge is 2.15. The predicted octanol–water partition coefficient (Wildman–Crippen LogP) is 4.57. The Bertz CT molecular complexity index is 600. The first-order valence-corrected chi connectivity index (χ1v) is 6.37. The van der Waals surface area contributed by atoms with Crippen molar-refractivity contribution in [3.05, 3.63) is 58.1 Å². The zero-order valence-electron chi connectivity index (χ0n) is 10.0. The van der Waals surface area contributed by atoms with E-state index in [0.717, 1.165) is 6.07 Å². The molecule has 0 heterocycles. The first-order chi connectivity index (χ1) is 8.99. The van der Waals surface area contributed by atoms with Crippen LogP contribution in [0.25, 0.3) is 0 Å². The fourth-order valence-corrected chi connectivity index (χ4v) is 1.87. The largest absolute Gasteiger partial charge is 0.454 e. The van der Waals surface area contributed by atoms with Crippen LogP contribution in [0.3, 0.4) is 0 Å². The quantitative estimate of drug-likeness (QED) is 0.894. The van der Waals surface area contributed by atoms with Gasteiger partial charge in [0.25, 0.3) is 0 Å². The van der Waals surface area contributed by atoms with Gasteiger partial charge in [0.15, 0.2) is 11.6 Å². The molecule has 0 amide bonds. The highest BCUT2D eigenvalue weighted by Crippen LogP contribution is 2.33. The average Bonchev–Trinajstić information content (AvgIpc) is 2.36. The van der Waals surface area contributed by atoms with Crippen LogP contribution in [-0.2, 0) is 0 Å². The molecular weight excluding hydrogens is 318 g/mol. The van der Waals surface area contributed by atoms with Gasteiger partial charge in [0.1, 0.15) is 11.6 Å². The van der Waals surface area contributed by atoms with E-state index in [1.54, 1.807) is 6.07 Å². The van der Waals surface area contributed by atoms with Crippen LogP contribution in [0.5, 0.6) is 11.5 Å². The molecule has 0 radical (unpaired) electrons. The van der Waals surface area contributed by atoms with Crippen molar-refractivity contribution in [1.29, 1.82) is 0 Å². The van der Waals surface area contributed by atoms with Gasteiger partial charge in [-0.1, -0.05) is 12.1 Å². The minimum atomic E-state index is -0.883. The molecule has 1 N–H and O–H groups in total. The summed E-state index contributed by atoms with van der Waals surface area (Å²) in [4.78, 5) is 0. The van der Waals surface area contributed by atoms with Gasteiger partial charge in [-0.25, -0.2) is 8.78 Å². The predicted molar refractivity (Wildman–Crippen MR) is 71.2 cm³/mol. The van der Waals surface area contributed by atoms with Gasteiger partial charge in [-0.3, -0.25) is 0 Å². The monoisotopic (exact) mass is 328 g/mol. The maximum atomic E-state index is 13.7. The summed E-state index contributed by atoms with van der Waals surface area (Å²) in [6.07, 6.45) is -0.883. The summed E-state index contributed by atoms with van der Waals surface area (Å²) in [6.45, 7) is 1.50. The summed E-state index contributed by atoms with van der Waals surface area (Å²) < 4.78 is 32.7. The van der Waals surface area contributed by atoms with Crippen molar-refractivity contribution in [3.8, 4) is 11.5 Å². The second-order valence-corrected chi connectivity index (χ2v) is 4.87. The minimum absolute atomic E-state index is 0.0979. The third-order valence-electron chi connectivity index (χ3n) is 2.56. The Morgan fingerprint density at radius 1 is 1.16 bits per heavy atom. The Hall–Kier alpha value is -1.46. The molecule has 0 saturated heterocycles. The molecule has 0 aliphatic rings. The normalized spacial score (nSPS) is 12.3. The molecule has 1 atom stereocenters. The molecule has 0 bridgehead atoms. The van der Waals surface area contributed by atoms with E-state index in [2.05, 4.69) is 15.9 Å². The number of halogens is 3. The van der Waals surface area contributed by atoms with Crippen LogP contribution in [0.2, 0.25) is 0 Å². The molecule has 0 unspecified atom stereocenters. The Morgan fingerprint density at radius 3 is 2.53 bits per heavy atom. The number of para-hydroxylation sites is 1. The number of hydrogen-bond acceptors (Lipinski definition) is 2. The number of aliphatic hydroxyl groups excluding tert-OH is 1. The van der Waals surface area contributed by atoms with Gasteiger partial charge in [-0.2, -0.15) is 0 Å². The summed E-state index contributed by atoms with van der Waals surface area (Å²) >= 11 is 3.02. The van der Waals surface area contributed by atoms with E-state index in [1.165, 1.54) is 31.2 Å². The lowest BCUT2D eigenvalue weighted by Crippen LogP contribution is -1.99. The number of rotatable bonds is 3. The molecule has 0 aliphatic carbocycles. The molecule has 2 rings (SSSR count). The molecule has 2 nitrogen and oxygen atoms in total. The summed E-state index contributed by atoms with van der Waals surface area (Å²) in [5.41, 5.74) is 0.309. The molecule has 0 aliphatic heterocycles. The van der Waals surface area contributed by atoms with Crippen molar-refractivity contribution in [2.24, 2.45) is 0 Å². The fraction of sp³-hybridized carbons (Fsp3) is 0.143. The molecular formula is C14H11BrF2O2. The van der Waals surface area contributed by atoms with Crippen LogP contribution in [0.15, 0.2) is 40.9 Å². The molecule has 2 aromatic rings. The number of ether oxygens (including phenoxy) is 1. The Morgan fingerprint density at radius 2 is 1.89 bits per heavy atom. The zero-order valence-corrected chi connectivity index (χ0v) is 11.6. The van der Waals surface area contributed by atoms with Crippen molar-refractivity contribution < 1.29 is 18.6 Å². The molecule has 0 spiro atoms. The van der Waals surface area contributed by atoms with Gasteiger partial charge in [0.2, 0.25) is 0 Å². The van der Waals surface area contributed by atoms with E-state index >= 15 is 0 Å². The molecule has 0 saturated carbocycles. The maximum absolute atomic E-state index is 13.7. The van der Waals surface area contributed by atoms with E-state index in [4.69, 9.17) is 4.74 Å². The van der Waals surface area contributed by atoms with E-state index in [0.29, 0.717) is 10.0 Å². The molecule has 2 aromatic carbocycles. The van der Waals surface area contributed by atoms with Crippen molar-refractivity contribution in [1.82, 2.24) is 0 Å². The molecule has 100 valence electrons. The smallest absolute Gasteiger partial charge is 0.168 e. The Labute approximate surface area is 117 Å². The highest BCUT2D eigenvalue weighted by molar-refractivity contribution is 9.10. The van der Waals surface area contributed by atoms with Crippen LogP contribution < -0.4 is 4.74 Å². The van der Waals surface area contributed by atoms with Gasteiger partial charge < -0.3 is 9.84 Å². The third kappa shape index (κ3) is 3.11. The van der Waals surface area contributed by atoms with Crippen molar-refractivity contribution >= 4 is 15.9 Å². The van der Waals surface area contributed by atoms with Crippen LogP contribution in [0.4, 0.5) is 8.78 Å². The summed E-state index contributed by atoms with van der Waals surface area (Å²) in [7, 11) is 0. The Balaban J connectivity index is 2.40. The van der Waals surface area contributed by atoms with E-state index in [-0.39, 0.29) is 11.5 Å². The molecule has 5 heteroatoms. The Kier molecular flexibility index (Phi) is 4.17. The number of hydrogen-bond donors (Lipinski definition) is 1. The SMILES string of the molecule is C[C@H](O)c1cccc(F)c1Oc1ccc(Br)c(F)c1. The van der Waals surface area contributed by atoms with E-state index in [9.17, 15) is 13.9 Å². The summed E-state index contributed by atoms with van der Waals surface area (Å²) in [6, 6.07) is 8.36. The zero-order chi connectivity index (χ0) is 14.0.